The van der Waals surface area contributed by atoms with Crippen LogP contribution in [0.4, 0.5) is 13.2 Å². The predicted octanol–water partition coefficient (Wildman–Crippen LogP) is 2.88. The summed E-state index contributed by atoms with van der Waals surface area (Å²) in [5.74, 6) is -1.21. The number of aliphatic carboxylic acids is 1. The number of carbonyl (C=O) groups is 1. The second kappa shape index (κ2) is 9.93. The van der Waals surface area contributed by atoms with Gasteiger partial charge in [0.05, 0.1) is 25.9 Å². The number of morpholine rings is 1. The second-order valence-electron chi connectivity index (χ2n) is 7.74. The summed E-state index contributed by atoms with van der Waals surface area (Å²) in [7, 11) is 1.69. The van der Waals surface area contributed by atoms with Crippen LogP contribution in [0.3, 0.4) is 0 Å². The van der Waals surface area contributed by atoms with Crippen LogP contribution in [-0.4, -0.2) is 72.3 Å². The molecule has 2 aliphatic carbocycles. The van der Waals surface area contributed by atoms with E-state index in [1.807, 2.05) is 6.07 Å². The van der Waals surface area contributed by atoms with Gasteiger partial charge in [-0.25, -0.2) is 9.78 Å². The summed E-state index contributed by atoms with van der Waals surface area (Å²) in [6, 6.07) is 4.54. The number of aromatic nitrogens is 1. The fourth-order valence-corrected chi connectivity index (χ4v) is 3.86. The lowest BCUT2D eigenvalue weighted by atomic mass is 10.1. The minimum Gasteiger partial charge on any atom is -0.481 e. The summed E-state index contributed by atoms with van der Waals surface area (Å²) in [4.78, 5) is 15.7. The van der Waals surface area contributed by atoms with E-state index in [1.165, 1.54) is 12.8 Å². The number of fused-ring (bicyclic) bond motifs is 1. The summed E-state index contributed by atoms with van der Waals surface area (Å²) in [5.41, 5.74) is 1.15. The van der Waals surface area contributed by atoms with Crippen molar-refractivity contribution in [2.24, 2.45) is 5.92 Å². The third-order valence-corrected chi connectivity index (χ3v) is 5.55. The van der Waals surface area contributed by atoms with E-state index in [0.717, 1.165) is 56.5 Å². The maximum absolute atomic E-state index is 10.6. The number of rotatable bonds is 6. The highest BCUT2D eigenvalue weighted by Crippen LogP contribution is 2.36. The van der Waals surface area contributed by atoms with E-state index in [4.69, 9.17) is 24.1 Å². The molecule has 0 bridgehead atoms. The lowest BCUT2D eigenvalue weighted by Gasteiger charge is -2.39. The number of carboxylic acids is 1. The number of hydrogen-bond acceptors (Lipinski definition) is 6. The molecule has 30 heavy (non-hydrogen) atoms. The largest absolute Gasteiger partial charge is 0.490 e. The molecule has 1 aromatic rings. The summed E-state index contributed by atoms with van der Waals surface area (Å²) >= 11 is 0. The first-order valence-corrected chi connectivity index (χ1v) is 10.0. The summed E-state index contributed by atoms with van der Waals surface area (Å²) in [6.45, 7) is 3.55. The molecule has 10 heteroatoms. The van der Waals surface area contributed by atoms with Gasteiger partial charge in [-0.2, -0.15) is 13.2 Å². The first kappa shape index (κ1) is 22.8. The summed E-state index contributed by atoms with van der Waals surface area (Å²) in [5, 5.41) is 7.12. The molecule has 4 rings (SSSR count). The Morgan fingerprint density at radius 1 is 1.33 bits per heavy atom. The first-order valence-electron chi connectivity index (χ1n) is 10.0. The normalized spacial score (nSPS) is 26.5. The molecule has 2 saturated carbocycles. The highest BCUT2D eigenvalue weighted by Gasteiger charge is 2.44. The van der Waals surface area contributed by atoms with E-state index >= 15 is 0 Å². The number of alkyl halides is 3. The smallest absolute Gasteiger partial charge is 0.481 e. The third kappa shape index (κ3) is 6.05. The number of pyridine rings is 1. The van der Waals surface area contributed by atoms with Crippen LogP contribution in [0.25, 0.3) is 0 Å². The molecule has 1 saturated heterocycles. The Bertz CT molecular complexity index is 714. The molecule has 7 nitrogen and oxygen atoms in total. The summed E-state index contributed by atoms with van der Waals surface area (Å²) < 4.78 is 49.4. The molecule has 168 valence electrons. The maximum Gasteiger partial charge on any atom is 0.490 e. The quantitative estimate of drug-likeness (QED) is 0.740. The number of nitrogens with zero attached hydrogens (tertiary/aromatic N) is 2. The SMILES string of the molecule is COc1ncccc1CN1CCO[C@H]2[C@H](OCC3CC3)CC[C@@H]21.O=C(O)C(F)(F)F. The van der Waals surface area contributed by atoms with Crippen molar-refractivity contribution in [3.63, 3.8) is 0 Å². The van der Waals surface area contributed by atoms with Gasteiger partial charge in [0, 0.05) is 37.5 Å². The zero-order chi connectivity index (χ0) is 21.7. The molecule has 0 aromatic carbocycles. The lowest BCUT2D eigenvalue weighted by molar-refractivity contribution is -0.192. The van der Waals surface area contributed by atoms with Gasteiger partial charge in [-0.05, 0) is 37.7 Å². The van der Waals surface area contributed by atoms with E-state index in [0.29, 0.717) is 6.04 Å². The molecule has 0 radical (unpaired) electrons. The molecule has 1 N–H and O–H groups in total. The zero-order valence-corrected chi connectivity index (χ0v) is 16.8. The average Bonchev–Trinajstić information content (AvgIpc) is 3.45. The number of methoxy groups -OCH3 is 1. The van der Waals surface area contributed by atoms with E-state index in [2.05, 4.69) is 16.0 Å². The molecule has 0 amide bonds. The van der Waals surface area contributed by atoms with Crippen molar-refractivity contribution in [1.29, 1.82) is 0 Å². The van der Waals surface area contributed by atoms with Gasteiger partial charge in [-0.1, -0.05) is 6.07 Å². The zero-order valence-electron chi connectivity index (χ0n) is 16.8. The predicted molar refractivity (Wildman–Crippen MR) is 100 cm³/mol. The number of hydrogen-bond donors (Lipinski definition) is 1. The molecular weight excluding hydrogens is 405 g/mol. The van der Waals surface area contributed by atoms with Crippen LogP contribution in [-0.2, 0) is 20.8 Å². The maximum atomic E-state index is 10.6. The fraction of sp³-hybridized carbons (Fsp3) is 0.700. The minimum atomic E-state index is -5.08. The average molecular weight is 432 g/mol. The monoisotopic (exact) mass is 432 g/mol. The van der Waals surface area contributed by atoms with E-state index in [9.17, 15) is 13.2 Å². The molecule has 3 fully saturated rings. The molecule has 0 spiro atoms. The van der Waals surface area contributed by atoms with Crippen molar-refractivity contribution in [3.05, 3.63) is 23.9 Å². The standard InChI is InChI=1S/C18H26N2O3.C2HF3O2/c1-21-18-14(3-2-8-19-18)11-20-9-10-22-17-15(20)6-7-16(17)23-12-13-4-5-13;3-2(4,5)1(6)7/h2-3,8,13,15-17H,4-7,9-12H2,1H3;(H,6,7)/t15-,16+,17+;/m0./s1. The van der Waals surface area contributed by atoms with Crippen molar-refractivity contribution < 1.29 is 37.3 Å². The lowest BCUT2D eigenvalue weighted by Crippen LogP contribution is -2.51. The topological polar surface area (TPSA) is 81.1 Å². The van der Waals surface area contributed by atoms with Gasteiger partial charge in [-0.15, -0.1) is 0 Å². The van der Waals surface area contributed by atoms with Crippen LogP contribution in [0.2, 0.25) is 0 Å². The van der Waals surface area contributed by atoms with Crippen LogP contribution in [0.15, 0.2) is 18.3 Å². The Hall–Kier alpha value is -1.91. The van der Waals surface area contributed by atoms with Crippen LogP contribution in [0, 0.1) is 5.92 Å². The molecular formula is C20H27F3N2O5. The molecule has 1 aliphatic heterocycles. The Labute approximate surface area is 173 Å². The molecule has 0 unspecified atom stereocenters. The molecule has 3 atom stereocenters. The Morgan fingerprint density at radius 2 is 2.07 bits per heavy atom. The van der Waals surface area contributed by atoms with Crippen molar-refractivity contribution in [1.82, 2.24) is 9.88 Å². The van der Waals surface area contributed by atoms with Crippen molar-refractivity contribution in [2.75, 3.05) is 26.9 Å². The highest BCUT2D eigenvalue weighted by atomic mass is 19.4. The summed E-state index contributed by atoms with van der Waals surface area (Å²) in [6.07, 6.45) is 2.15. The van der Waals surface area contributed by atoms with Gasteiger partial charge in [0.15, 0.2) is 0 Å². The van der Waals surface area contributed by atoms with Gasteiger partial charge >= 0.3 is 12.1 Å². The van der Waals surface area contributed by atoms with Crippen molar-refractivity contribution in [3.8, 4) is 5.88 Å². The van der Waals surface area contributed by atoms with Crippen LogP contribution in [0.5, 0.6) is 5.88 Å². The number of ether oxygens (including phenoxy) is 3. The van der Waals surface area contributed by atoms with Crippen LogP contribution >= 0.6 is 0 Å². The van der Waals surface area contributed by atoms with Crippen molar-refractivity contribution in [2.45, 2.75) is 56.7 Å². The van der Waals surface area contributed by atoms with Gasteiger partial charge in [0.2, 0.25) is 5.88 Å². The molecule has 1 aromatic heterocycles. The third-order valence-electron chi connectivity index (χ3n) is 5.55. The first-order chi connectivity index (χ1) is 14.3. The molecule has 3 aliphatic rings. The number of carboxylic acid groups (broad SMARTS) is 1. The van der Waals surface area contributed by atoms with E-state index < -0.39 is 12.1 Å². The molecule has 2 heterocycles. The minimum absolute atomic E-state index is 0.227. The second-order valence-corrected chi connectivity index (χ2v) is 7.74. The van der Waals surface area contributed by atoms with Crippen LogP contribution in [0.1, 0.15) is 31.2 Å². The van der Waals surface area contributed by atoms with Gasteiger partial charge in [0.25, 0.3) is 0 Å². The highest BCUT2D eigenvalue weighted by molar-refractivity contribution is 5.73. The Morgan fingerprint density at radius 3 is 2.70 bits per heavy atom. The van der Waals surface area contributed by atoms with E-state index in [-0.39, 0.29) is 12.2 Å². The van der Waals surface area contributed by atoms with Gasteiger partial charge in [0.1, 0.15) is 0 Å². The fourth-order valence-electron chi connectivity index (χ4n) is 3.86. The van der Waals surface area contributed by atoms with E-state index in [1.54, 1.807) is 13.3 Å². The van der Waals surface area contributed by atoms with Crippen molar-refractivity contribution >= 4 is 5.97 Å². The number of halogens is 3. The van der Waals surface area contributed by atoms with Gasteiger partial charge < -0.3 is 19.3 Å². The van der Waals surface area contributed by atoms with Crippen LogP contribution < -0.4 is 4.74 Å². The Kier molecular flexibility index (Phi) is 7.54. The van der Waals surface area contributed by atoms with Gasteiger partial charge in [-0.3, -0.25) is 4.90 Å². The Balaban J connectivity index is 0.000000318.